The molecule has 3 rings (SSSR count). The Hall–Kier alpha value is -1.31. The van der Waals surface area contributed by atoms with E-state index in [0.29, 0.717) is 0 Å². The monoisotopic (exact) mass is 230 g/mol. The first-order valence-corrected chi connectivity index (χ1v) is 6.36. The van der Waals surface area contributed by atoms with Crippen LogP contribution in [0.25, 0.3) is 0 Å². The van der Waals surface area contributed by atoms with Gasteiger partial charge in [-0.2, -0.15) is 0 Å². The molecule has 1 saturated carbocycles. The van der Waals surface area contributed by atoms with E-state index in [1.807, 2.05) is 0 Å². The first-order chi connectivity index (χ1) is 8.01. The van der Waals surface area contributed by atoms with Gasteiger partial charge in [-0.05, 0) is 41.4 Å². The molecule has 90 valence electrons. The lowest BCUT2D eigenvalue weighted by Gasteiger charge is -2.06. The molecule has 1 N–H and O–H groups in total. The van der Waals surface area contributed by atoms with Crippen molar-refractivity contribution >= 4 is 5.97 Å². The van der Waals surface area contributed by atoms with Gasteiger partial charge in [0.25, 0.3) is 0 Å². The first-order valence-electron chi connectivity index (χ1n) is 6.36. The molecule has 17 heavy (non-hydrogen) atoms. The van der Waals surface area contributed by atoms with E-state index in [1.54, 1.807) is 0 Å². The van der Waals surface area contributed by atoms with Crippen LogP contribution in [0.1, 0.15) is 42.9 Å². The summed E-state index contributed by atoms with van der Waals surface area (Å²) < 4.78 is 0. The van der Waals surface area contributed by atoms with Gasteiger partial charge in [-0.1, -0.05) is 32.0 Å². The molecule has 1 aromatic carbocycles. The smallest absolute Gasteiger partial charge is 0.307 e. The average molecular weight is 230 g/mol. The predicted molar refractivity (Wildman–Crippen MR) is 66.1 cm³/mol. The number of hydrogen-bond acceptors (Lipinski definition) is 1. The SMILES string of the molecule is CC1(C)[C@H](C(=O)O)[C@H]1c1ccc2c(c1)CCC2. The zero-order valence-corrected chi connectivity index (χ0v) is 10.4. The van der Waals surface area contributed by atoms with Crippen molar-refractivity contribution in [3.05, 3.63) is 34.9 Å². The second-order valence-corrected chi connectivity index (χ2v) is 6.00. The molecule has 0 heterocycles. The van der Waals surface area contributed by atoms with Gasteiger partial charge in [0, 0.05) is 5.92 Å². The predicted octanol–water partition coefficient (Wildman–Crippen LogP) is 3.00. The zero-order valence-electron chi connectivity index (χ0n) is 10.4. The lowest BCUT2D eigenvalue weighted by Crippen LogP contribution is -2.03. The average Bonchev–Trinajstić information content (AvgIpc) is 2.66. The number of carboxylic acids is 1. The van der Waals surface area contributed by atoms with Crippen LogP contribution in [0.4, 0.5) is 0 Å². The zero-order chi connectivity index (χ0) is 12.2. The largest absolute Gasteiger partial charge is 0.481 e. The number of carboxylic acid groups (broad SMARTS) is 1. The minimum atomic E-state index is -0.652. The van der Waals surface area contributed by atoms with E-state index in [9.17, 15) is 9.90 Å². The van der Waals surface area contributed by atoms with Crippen LogP contribution >= 0.6 is 0 Å². The summed E-state index contributed by atoms with van der Waals surface area (Å²) in [4.78, 5) is 11.2. The number of fused-ring (bicyclic) bond motifs is 1. The second-order valence-electron chi connectivity index (χ2n) is 6.00. The van der Waals surface area contributed by atoms with Crippen molar-refractivity contribution in [1.29, 1.82) is 0 Å². The van der Waals surface area contributed by atoms with Crippen LogP contribution in [-0.2, 0) is 17.6 Å². The molecule has 0 radical (unpaired) electrons. The highest BCUT2D eigenvalue weighted by Crippen LogP contribution is 2.64. The van der Waals surface area contributed by atoms with Crippen molar-refractivity contribution in [2.45, 2.75) is 39.0 Å². The maximum Gasteiger partial charge on any atom is 0.307 e. The molecule has 0 saturated heterocycles. The molecule has 2 heteroatoms. The summed E-state index contributed by atoms with van der Waals surface area (Å²) in [7, 11) is 0. The number of hydrogen-bond donors (Lipinski definition) is 1. The summed E-state index contributed by atoms with van der Waals surface area (Å²) in [5, 5.41) is 9.21. The van der Waals surface area contributed by atoms with E-state index in [2.05, 4.69) is 32.0 Å². The van der Waals surface area contributed by atoms with Gasteiger partial charge in [-0.15, -0.1) is 0 Å². The third-order valence-corrected chi connectivity index (χ3v) is 4.58. The van der Waals surface area contributed by atoms with Crippen molar-refractivity contribution in [2.75, 3.05) is 0 Å². The summed E-state index contributed by atoms with van der Waals surface area (Å²) in [6.07, 6.45) is 3.59. The van der Waals surface area contributed by atoms with E-state index in [-0.39, 0.29) is 17.3 Å². The standard InChI is InChI=1S/C15H18O2/c1-15(2)12(13(15)14(16)17)11-7-6-9-4-3-5-10(9)8-11/h6-8,12-13H,3-5H2,1-2H3,(H,16,17)/t12-,13+/m1/s1. The second kappa shape index (κ2) is 3.34. The van der Waals surface area contributed by atoms with Crippen molar-refractivity contribution in [3.63, 3.8) is 0 Å². The van der Waals surface area contributed by atoms with Crippen molar-refractivity contribution < 1.29 is 9.90 Å². The van der Waals surface area contributed by atoms with Crippen LogP contribution in [0, 0.1) is 11.3 Å². The summed E-state index contributed by atoms with van der Waals surface area (Å²) in [5.41, 5.74) is 4.04. The van der Waals surface area contributed by atoms with Gasteiger partial charge in [-0.25, -0.2) is 0 Å². The maximum absolute atomic E-state index is 11.2. The van der Waals surface area contributed by atoms with Crippen LogP contribution in [-0.4, -0.2) is 11.1 Å². The number of carbonyl (C=O) groups is 1. The minimum absolute atomic E-state index is 0.0846. The van der Waals surface area contributed by atoms with Gasteiger partial charge >= 0.3 is 5.97 Å². The number of aliphatic carboxylic acids is 1. The Morgan fingerprint density at radius 1 is 1.29 bits per heavy atom. The molecule has 0 aliphatic heterocycles. The highest BCUT2D eigenvalue weighted by molar-refractivity contribution is 5.77. The third kappa shape index (κ3) is 1.50. The lowest BCUT2D eigenvalue weighted by molar-refractivity contribution is -0.139. The van der Waals surface area contributed by atoms with Gasteiger partial charge in [0.15, 0.2) is 0 Å². The molecular formula is C15H18O2. The summed E-state index contributed by atoms with van der Waals surface area (Å²) >= 11 is 0. The van der Waals surface area contributed by atoms with E-state index in [0.717, 1.165) is 6.42 Å². The fourth-order valence-electron chi connectivity index (χ4n) is 3.51. The van der Waals surface area contributed by atoms with Crippen molar-refractivity contribution in [2.24, 2.45) is 11.3 Å². The maximum atomic E-state index is 11.2. The van der Waals surface area contributed by atoms with Crippen LogP contribution in [0.5, 0.6) is 0 Å². The lowest BCUT2D eigenvalue weighted by atomic mass is 9.99. The van der Waals surface area contributed by atoms with Gasteiger partial charge in [0.1, 0.15) is 0 Å². The molecule has 0 bridgehead atoms. The Balaban J connectivity index is 1.94. The van der Waals surface area contributed by atoms with Gasteiger partial charge in [0.2, 0.25) is 0 Å². The summed E-state index contributed by atoms with van der Waals surface area (Å²) in [5.74, 6) is -0.659. The molecule has 1 aromatic rings. The molecular weight excluding hydrogens is 212 g/mol. The molecule has 2 atom stereocenters. The molecule has 2 aliphatic carbocycles. The highest BCUT2D eigenvalue weighted by Gasteiger charge is 2.62. The molecule has 0 aromatic heterocycles. The van der Waals surface area contributed by atoms with Gasteiger partial charge < -0.3 is 5.11 Å². The van der Waals surface area contributed by atoms with E-state index >= 15 is 0 Å². The van der Waals surface area contributed by atoms with Crippen LogP contribution in [0.2, 0.25) is 0 Å². The van der Waals surface area contributed by atoms with Gasteiger partial charge in [-0.3, -0.25) is 4.79 Å². The Bertz CT molecular complexity index is 488. The molecule has 1 fully saturated rings. The number of rotatable bonds is 2. The van der Waals surface area contributed by atoms with Gasteiger partial charge in [0.05, 0.1) is 5.92 Å². The van der Waals surface area contributed by atoms with E-state index in [1.165, 1.54) is 29.5 Å². The quantitative estimate of drug-likeness (QED) is 0.848. The third-order valence-electron chi connectivity index (χ3n) is 4.58. The Morgan fingerprint density at radius 3 is 2.65 bits per heavy atom. The minimum Gasteiger partial charge on any atom is -0.481 e. The number of aryl methyl sites for hydroxylation is 2. The Morgan fingerprint density at radius 2 is 2.00 bits per heavy atom. The Kier molecular flexibility index (Phi) is 2.13. The molecule has 2 aliphatic rings. The van der Waals surface area contributed by atoms with Crippen molar-refractivity contribution in [3.8, 4) is 0 Å². The molecule has 2 nitrogen and oxygen atoms in total. The number of benzene rings is 1. The first kappa shape index (κ1) is 10.8. The molecule has 0 unspecified atom stereocenters. The summed E-state index contributed by atoms with van der Waals surface area (Å²) in [6, 6.07) is 6.59. The fraction of sp³-hybridized carbons (Fsp3) is 0.533. The van der Waals surface area contributed by atoms with Crippen LogP contribution in [0.3, 0.4) is 0 Å². The highest BCUT2D eigenvalue weighted by atomic mass is 16.4. The van der Waals surface area contributed by atoms with E-state index in [4.69, 9.17) is 0 Å². The molecule has 0 spiro atoms. The molecule has 0 amide bonds. The summed E-state index contributed by atoms with van der Waals surface area (Å²) in [6.45, 7) is 4.12. The van der Waals surface area contributed by atoms with Crippen LogP contribution in [0.15, 0.2) is 18.2 Å². The Labute approximate surface area is 102 Å². The van der Waals surface area contributed by atoms with Crippen LogP contribution < -0.4 is 0 Å². The topological polar surface area (TPSA) is 37.3 Å². The normalized spacial score (nSPS) is 28.8. The van der Waals surface area contributed by atoms with Crippen molar-refractivity contribution in [1.82, 2.24) is 0 Å². The van der Waals surface area contributed by atoms with E-state index < -0.39 is 5.97 Å². The fourth-order valence-corrected chi connectivity index (χ4v) is 3.51.